The number of thiazole rings is 1. The smallest absolute Gasteiger partial charge is 0.257 e. The Morgan fingerprint density at radius 2 is 1.96 bits per heavy atom. The van der Waals surface area contributed by atoms with Crippen LogP contribution < -0.4 is 14.8 Å². The van der Waals surface area contributed by atoms with Gasteiger partial charge in [-0.2, -0.15) is 0 Å². The highest BCUT2D eigenvalue weighted by Crippen LogP contribution is 2.36. The van der Waals surface area contributed by atoms with E-state index >= 15 is 0 Å². The highest BCUT2D eigenvalue weighted by Gasteiger charge is 2.16. The molecule has 2 aromatic carbocycles. The van der Waals surface area contributed by atoms with E-state index in [4.69, 9.17) is 9.47 Å². The first-order valence-electron chi connectivity index (χ1n) is 7.87. The molecule has 4 rings (SSSR count). The van der Waals surface area contributed by atoms with Crippen LogP contribution in [0.3, 0.4) is 0 Å². The molecule has 0 saturated heterocycles. The molecule has 0 saturated carbocycles. The fraction of sp³-hybridized carbons (Fsp3) is 0.111. The van der Waals surface area contributed by atoms with E-state index in [2.05, 4.69) is 10.3 Å². The number of hydrogen-bond acceptors (Lipinski definition) is 7. The molecule has 0 radical (unpaired) electrons. The molecule has 1 aromatic heterocycles. The zero-order valence-electron chi connectivity index (χ0n) is 14.1. The lowest BCUT2D eigenvalue weighted by atomic mass is 10.1. The van der Waals surface area contributed by atoms with Crippen LogP contribution in [0.25, 0.3) is 11.3 Å². The Balaban J connectivity index is 1.54. The Hall–Kier alpha value is -2.91. The Morgan fingerprint density at radius 1 is 1.15 bits per heavy atom. The molecular weight excluding hydrogens is 388 g/mol. The largest absolute Gasteiger partial charge is 0.454 e. The first-order valence-corrected chi connectivity index (χ1v) is 10.6. The second-order valence-electron chi connectivity index (χ2n) is 5.86. The average molecular weight is 402 g/mol. The maximum Gasteiger partial charge on any atom is 0.257 e. The number of nitrogens with zero attached hydrogens (tertiary/aromatic N) is 1. The van der Waals surface area contributed by atoms with Gasteiger partial charge in [-0.15, -0.1) is 11.3 Å². The van der Waals surface area contributed by atoms with E-state index in [-0.39, 0.29) is 17.3 Å². The van der Waals surface area contributed by atoms with E-state index in [1.54, 1.807) is 6.07 Å². The highest BCUT2D eigenvalue weighted by molar-refractivity contribution is 7.90. The third kappa shape index (κ3) is 3.64. The van der Waals surface area contributed by atoms with Gasteiger partial charge in [-0.05, 0) is 36.4 Å². The molecule has 0 unspecified atom stereocenters. The van der Waals surface area contributed by atoms with Gasteiger partial charge in [0.2, 0.25) is 6.79 Å². The molecule has 1 aliphatic rings. The average Bonchev–Trinajstić information content (AvgIpc) is 3.29. The minimum absolute atomic E-state index is 0.0929. The second-order valence-corrected chi connectivity index (χ2v) is 8.73. The molecule has 3 aromatic rings. The zero-order chi connectivity index (χ0) is 19.0. The number of fused-ring (bicyclic) bond motifs is 1. The van der Waals surface area contributed by atoms with Crippen molar-refractivity contribution in [3.8, 4) is 22.8 Å². The molecule has 27 heavy (non-hydrogen) atoms. The first kappa shape index (κ1) is 17.5. The maximum atomic E-state index is 12.4. The van der Waals surface area contributed by atoms with Crippen LogP contribution in [0.4, 0.5) is 5.13 Å². The van der Waals surface area contributed by atoms with Crippen molar-refractivity contribution in [1.82, 2.24) is 4.98 Å². The number of anilines is 1. The van der Waals surface area contributed by atoms with Gasteiger partial charge in [-0.25, -0.2) is 13.4 Å². The van der Waals surface area contributed by atoms with Crippen LogP contribution in [-0.2, 0) is 9.84 Å². The number of carbonyl (C=O) groups excluding carboxylic acids is 1. The number of rotatable bonds is 4. The van der Waals surface area contributed by atoms with Gasteiger partial charge >= 0.3 is 0 Å². The monoisotopic (exact) mass is 402 g/mol. The number of amides is 1. The van der Waals surface area contributed by atoms with Gasteiger partial charge in [0.1, 0.15) is 0 Å². The van der Waals surface area contributed by atoms with Crippen molar-refractivity contribution in [1.29, 1.82) is 0 Å². The van der Waals surface area contributed by atoms with Crippen LogP contribution in [0.1, 0.15) is 10.4 Å². The Labute approximate surface area is 159 Å². The Morgan fingerprint density at radius 3 is 2.78 bits per heavy atom. The van der Waals surface area contributed by atoms with Gasteiger partial charge in [-0.3, -0.25) is 10.1 Å². The third-order valence-electron chi connectivity index (χ3n) is 3.92. The van der Waals surface area contributed by atoms with Crippen LogP contribution in [-0.4, -0.2) is 32.4 Å². The molecule has 0 atom stereocenters. The van der Waals surface area contributed by atoms with E-state index in [9.17, 15) is 13.2 Å². The predicted octanol–water partition coefficient (Wildman–Crippen LogP) is 3.19. The number of carbonyl (C=O) groups is 1. The number of sulfone groups is 1. The van der Waals surface area contributed by atoms with Crippen molar-refractivity contribution >= 4 is 32.2 Å². The summed E-state index contributed by atoms with van der Waals surface area (Å²) in [4.78, 5) is 16.9. The summed E-state index contributed by atoms with van der Waals surface area (Å²) in [7, 11) is -3.38. The molecule has 0 fully saturated rings. The van der Waals surface area contributed by atoms with E-state index in [0.717, 1.165) is 11.8 Å². The lowest BCUT2D eigenvalue weighted by Crippen LogP contribution is -2.12. The van der Waals surface area contributed by atoms with Crippen LogP contribution in [0.5, 0.6) is 11.5 Å². The molecule has 0 spiro atoms. The lowest BCUT2D eigenvalue weighted by molar-refractivity contribution is 0.102. The first-order chi connectivity index (χ1) is 12.9. The molecular formula is C18H14N2O5S2. The fourth-order valence-electron chi connectivity index (χ4n) is 2.56. The number of ether oxygens (including phenoxy) is 2. The summed E-state index contributed by atoms with van der Waals surface area (Å²) in [5, 5.41) is 4.93. The molecule has 138 valence electrons. The summed E-state index contributed by atoms with van der Waals surface area (Å²) in [5.74, 6) is 0.920. The summed E-state index contributed by atoms with van der Waals surface area (Å²) in [6.45, 7) is 0.198. The van der Waals surface area contributed by atoms with E-state index < -0.39 is 15.7 Å². The molecule has 1 aliphatic heterocycles. The number of benzene rings is 2. The van der Waals surface area contributed by atoms with Crippen molar-refractivity contribution in [3.05, 3.63) is 53.4 Å². The van der Waals surface area contributed by atoms with Crippen molar-refractivity contribution < 1.29 is 22.7 Å². The van der Waals surface area contributed by atoms with Crippen molar-refractivity contribution in [2.24, 2.45) is 0 Å². The van der Waals surface area contributed by atoms with E-state index in [1.165, 1.54) is 29.5 Å². The summed E-state index contributed by atoms with van der Waals surface area (Å²) in [6.07, 6.45) is 1.10. The Kier molecular flexibility index (Phi) is 4.33. The molecule has 2 heterocycles. The standard InChI is InChI=1S/C18H14N2O5S2/c1-27(22,23)13-4-2-3-12(7-13)17(21)20-18-19-14(9-26-18)11-5-6-15-16(8-11)25-10-24-15/h2-9H,10H2,1H3,(H,19,20,21). The van der Waals surface area contributed by atoms with Gasteiger partial charge in [0.15, 0.2) is 26.5 Å². The van der Waals surface area contributed by atoms with Gasteiger partial charge < -0.3 is 9.47 Å². The van der Waals surface area contributed by atoms with Gasteiger partial charge in [-0.1, -0.05) is 6.07 Å². The van der Waals surface area contributed by atoms with Crippen molar-refractivity contribution in [3.63, 3.8) is 0 Å². The third-order valence-corrected chi connectivity index (χ3v) is 5.79. The second kappa shape index (κ2) is 6.67. The molecule has 0 aliphatic carbocycles. The number of hydrogen-bond donors (Lipinski definition) is 1. The zero-order valence-corrected chi connectivity index (χ0v) is 15.8. The quantitative estimate of drug-likeness (QED) is 0.720. The summed E-state index contributed by atoms with van der Waals surface area (Å²) in [5.41, 5.74) is 1.78. The van der Waals surface area contributed by atoms with Gasteiger partial charge in [0, 0.05) is 22.8 Å². The van der Waals surface area contributed by atoms with Gasteiger partial charge in [0.25, 0.3) is 5.91 Å². The van der Waals surface area contributed by atoms with Crippen LogP contribution in [0, 0.1) is 0 Å². The minimum atomic E-state index is -3.38. The van der Waals surface area contributed by atoms with E-state index in [1.807, 2.05) is 23.6 Å². The Bertz CT molecular complexity index is 1140. The number of nitrogens with one attached hydrogen (secondary N) is 1. The van der Waals surface area contributed by atoms with Crippen molar-refractivity contribution in [2.75, 3.05) is 18.4 Å². The normalized spacial score (nSPS) is 12.8. The highest BCUT2D eigenvalue weighted by atomic mass is 32.2. The lowest BCUT2D eigenvalue weighted by Gasteiger charge is -2.04. The summed E-state index contributed by atoms with van der Waals surface area (Å²) >= 11 is 1.28. The van der Waals surface area contributed by atoms with Crippen molar-refractivity contribution in [2.45, 2.75) is 4.90 Å². The molecule has 1 N–H and O–H groups in total. The fourth-order valence-corrected chi connectivity index (χ4v) is 3.94. The molecule has 7 nitrogen and oxygen atoms in total. The SMILES string of the molecule is CS(=O)(=O)c1cccc(C(=O)Nc2nc(-c3ccc4c(c3)OCO4)cs2)c1. The topological polar surface area (TPSA) is 94.6 Å². The predicted molar refractivity (Wildman–Crippen MR) is 101 cm³/mol. The van der Waals surface area contributed by atoms with Gasteiger partial charge in [0.05, 0.1) is 10.6 Å². The number of aromatic nitrogens is 1. The molecule has 9 heteroatoms. The van der Waals surface area contributed by atoms with Crippen LogP contribution in [0.15, 0.2) is 52.7 Å². The maximum absolute atomic E-state index is 12.4. The van der Waals surface area contributed by atoms with E-state index in [0.29, 0.717) is 22.3 Å². The minimum Gasteiger partial charge on any atom is -0.454 e. The van der Waals surface area contributed by atoms with Crippen LogP contribution in [0.2, 0.25) is 0 Å². The molecule has 0 bridgehead atoms. The van der Waals surface area contributed by atoms with Crippen LogP contribution >= 0.6 is 11.3 Å². The summed E-state index contributed by atoms with van der Waals surface area (Å²) < 4.78 is 33.9. The molecule has 1 amide bonds. The summed E-state index contributed by atoms with van der Waals surface area (Å²) in [6, 6.07) is 11.4.